The molecule has 2 aliphatic rings. The average Bonchev–Trinajstić information content (AvgIpc) is 2.90. The quantitative estimate of drug-likeness (QED) is 0.592. The number of anilines is 1. The Labute approximate surface area is 212 Å². The van der Waals surface area contributed by atoms with Crippen LogP contribution in [0.3, 0.4) is 0 Å². The lowest BCUT2D eigenvalue weighted by Gasteiger charge is -2.43. The van der Waals surface area contributed by atoms with Crippen molar-refractivity contribution in [3.05, 3.63) is 59.7 Å². The van der Waals surface area contributed by atoms with E-state index in [0.29, 0.717) is 36.5 Å². The Morgan fingerprint density at radius 3 is 2.36 bits per heavy atom. The minimum atomic E-state index is -1.07. The predicted molar refractivity (Wildman–Crippen MR) is 138 cm³/mol. The lowest BCUT2D eigenvalue weighted by Crippen LogP contribution is -2.65. The van der Waals surface area contributed by atoms with Crippen LogP contribution in [-0.2, 0) is 4.79 Å². The van der Waals surface area contributed by atoms with Gasteiger partial charge in [-0.2, -0.15) is 0 Å². The molecule has 2 fully saturated rings. The van der Waals surface area contributed by atoms with E-state index in [1.807, 2.05) is 31.2 Å². The predicted octanol–water partition coefficient (Wildman–Crippen LogP) is 3.10. The molecule has 36 heavy (non-hydrogen) atoms. The van der Waals surface area contributed by atoms with Crippen molar-refractivity contribution in [2.24, 2.45) is 5.73 Å². The number of amides is 4. The fraction of sp³-hybridized carbons (Fsp3) is 0.444. The van der Waals surface area contributed by atoms with Crippen molar-refractivity contribution in [3.63, 3.8) is 0 Å². The van der Waals surface area contributed by atoms with E-state index in [1.165, 1.54) is 16.9 Å². The Balaban J connectivity index is 1.59. The molecule has 1 aliphatic carbocycles. The largest absolute Gasteiger partial charge is 0.497 e. The first-order valence-electron chi connectivity index (χ1n) is 12.5. The fourth-order valence-corrected chi connectivity index (χ4v) is 4.83. The number of aryl methyl sites for hydroxylation is 1. The summed E-state index contributed by atoms with van der Waals surface area (Å²) in [6.07, 6.45) is 2.70. The molecular formula is C27H35N5O4. The number of hydrogen-bond donors (Lipinski definition) is 3. The van der Waals surface area contributed by atoms with E-state index < -0.39 is 12.2 Å². The number of ether oxygens (including phenoxy) is 1. The molecule has 0 aromatic heterocycles. The van der Waals surface area contributed by atoms with E-state index >= 15 is 0 Å². The van der Waals surface area contributed by atoms with Crippen molar-refractivity contribution in [1.82, 2.24) is 15.1 Å². The second-order valence-electron chi connectivity index (χ2n) is 9.57. The van der Waals surface area contributed by atoms with Gasteiger partial charge >= 0.3 is 6.03 Å². The van der Waals surface area contributed by atoms with E-state index in [-0.39, 0.29) is 23.9 Å². The van der Waals surface area contributed by atoms with E-state index in [9.17, 15) is 14.4 Å². The zero-order valence-corrected chi connectivity index (χ0v) is 20.9. The molecule has 9 nitrogen and oxygen atoms in total. The zero-order valence-electron chi connectivity index (χ0n) is 20.9. The average molecular weight is 494 g/mol. The van der Waals surface area contributed by atoms with E-state index in [1.54, 1.807) is 24.3 Å². The highest BCUT2D eigenvalue weighted by molar-refractivity contribution is 6.00. The van der Waals surface area contributed by atoms with Gasteiger partial charge in [-0.25, -0.2) is 4.79 Å². The molecule has 1 aliphatic heterocycles. The minimum Gasteiger partial charge on any atom is -0.497 e. The van der Waals surface area contributed by atoms with Gasteiger partial charge in [-0.3, -0.25) is 14.5 Å². The molecule has 0 radical (unpaired) electrons. The Kier molecular flexibility index (Phi) is 8.10. The summed E-state index contributed by atoms with van der Waals surface area (Å²) in [6.45, 7) is 2.68. The zero-order chi connectivity index (χ0) is 25.7. The summed E-state index contributed by atoms with van der Waals surface area (Å²) in [5, 5.41) is 5.97. The maximum atomic E-state index is 13.6. The Hall–Kier alpha value is -3.59. The van der Waals surface area contributed by atoms with Crippen LogP contribution < -0.4 is 21.1 Å². The van der Waals surface area contributed by atoms with Gasteiger partial charge in [-0.05, 0) is 69.4 Å². The van der Waals surface area contributed by atoms with Gasteiger partial charge in [0.15, 0.2) is 6.17 Å². The molecule has 4 amide bonds. The molecule has 4 rings (SSSR count). The van der Waals surface area contributed by atoms with Crippen LogP contribution in [0.5, 0.6) is 5.75 Å². The number of nitrogens with two attached hydrogens (primary N) is 1. The summed E-state index contributed by atoms with van der Waals surface area (Å²) in [6, 6.07) is 14.0. The monoisotopic (exact) mass is 493 g/mol. The number of rotatable bonds is 5. The van der Waals surface area contributed by atoms with Crippen LogP contribution >= 0.6 is 0 Å². The lowest BCUT2D eigenvalue weighted by molar-refractivity contribution is -0.133. The fourth-order valence-electron chi connectivity index (χ4n) is 4.83. The summed E-state index contributed by atoms with van der Waals surface area (Å²) < 4.78 is 5.28. The molecule has 1 unspecified atom stereocenters. The maximum Gasteiger partial charge on any atom is 0.323 e. The molecule has 9 heteroatoms. The molecule has 0 bridgehead atoms. The van der Waals surface area contributed by atoms with Crippen molar-refractivity contribution in [2.75, 3.05) is 25.5 Å². The van der Waals surface area contributed by atoms with E-state index in [4.69, 9.17) is 10.5 Å². The Morgan fingerprint density at radius 1 is 0.972 bits per heavy atom. The summed E-state index contributed by atoms with van der Waals surface area (Å²) in [4.78, 5) is 43.5. The van der Waals surface area contributed by atoms with Crippen molar-refractivity contribution in [3.8, 4) is 5.75 Å². The first-order valence-corrected chi connectivity index (χ1v) is 12.5. The van der Waals surface area contributed by atoms with Gasteiger partial charge < -0.3 is 26.0 Å². The van der Waals surface area contributed by atoms with Gasteiger partial charge in [-0.15, -0.1) is 0 Å². The van der Waals surface area contributed by atoms with E-state index in [0.717, 1.165) is 31.2 Å². The van der Waals surface area contributed by atoms with Crippen molar-refractivity contribution < 1.29 is 19.1 Å². The van der Waals surface area contributed by atoms with Gasteiger partial charge in [0.25, 0.3) is 11.8 Å². The normalized spacial score (nSPS) is 22.0. The van der Waals surface area contributed by atoms with Crippen molar-refractivity contribution in [1.29, 1.82) is 0 Å². The standard InChI is InChI=1S/C27H35N5O4/c1-18-7-11-22(12-8-18)30-27(35)32-16-4-15-31(26(34)19-5-3-6-23(17-19)36-2)25(32)24(33)29-21-13-9-20(28)10-14-21/h3,5-8,11-12,17,20-21,25H,4,9-10,13-16,28H2,1-2H3,(H,29,33)(H,30,35). The van der Waals surface area contributed by atoms with Crippen LogP contribution in [0.4, 0.5) is 10.5 Å². The third-order valence-corrected chi connectivity index (χ3v) is 6.88. The number of carbonyl (C=O) groups is 3. The van der Waals surface area contributed by atoms with Crippen LogP contribution in [0.15, 0.2) is 48.5 Å². The molecule has 192 valence electrons. The van der Waals surface area contributed by atoms with Gasteiger partial charge in [-0.1, -0.05) is 23.8 Å². The third kappa shape index (κ3) is 5.96. The number of hydrogen-bond acceptors (Lipinski definition) is 5. The number of nitrogens with zero attached hydrogens (tertiary/aromatic N) is 2. The molecule has 2 aromatic carbocycles. The summed E-state index contributed by atoms with van der Waals surface area (Å²) in [5.74, 6) is -0.135. The van der Waals surface area contributed by atoms with Crippen LogP contribution in [0.1, 0.15) is 48.0 Å². The number of carbonyl (C=O) groups excluding carboxylic acids is 3. The molecule has 1 heterocycles. The molecule has 4 N–H and O–H groups in total. The van der Waals surface area contributed by atoms with E-state index in [2.05, 4.69) is 10.6 Å². The number of methoxy groups -OCH3 is 1. The number of benzene rings is 2. The van der Waals surface area contributed by atoms with Crippen molar-refractivity contribution >= 4 is 23.5 Å². The SMILES string of the molecule is COc1cccc(C(=O)N2CCCN(C(=O)Nc3ccc(C)cc3)C2C(=O)NC2CCC(N)CC2)c1. The van der Waals surface area contributed by atoms with Crippen LogP contribution in [0, 0.1) is 6.92 Å². The third-order valence-electron chi connectivity index (χ3n) is 6.88. The number of urea groups is 1. The summed E-state index contributed by atoms with van der Waals surface area (Å²) in [5.41, 5.74) is 8.13. The first kappa shape index (κ1) is 25.5. The van der Waals surface area contributed by atoms with Gasteiger partial charge in [0.1, 0.15) is 5.75 Å². The van der Waals surface area contributed by atoms with Crippen LogP contribution in [-0.4, -0.2) is 66.1 Å². The highest BCUT2D eigenvalue weighted by Crippen LogP contribution is 2.23. The highest BCUT2D eigenvalue weighted by Gasteiger charge is 2.41. The highest BCUT2D eigenvalue weighted by atomic mass is 16.5. The smallest absolute Gasteiger partial charge is 0.323 e. The minimum absolute atomic E-state index is 0.0324. The summed E-state index contributed by atoms with van der Waals surface area (Å²) in [7, 11) is 1.54. The molecule has 1 atom stereocenters. The Morgan fingerprint density at radius 2 is 1.67 bits per heavy atom. The first-order chi connectivity index (χ1) is 17.4. The lowest BCUT2D eigenvalue weighted by atomic mass is 9.91. The number of nitrogens with one attached hydrogen (secondary N) is 2. The van der Waals surface area contributed by atoms with Crippen LogP contribution in [0.25, 0.3) is 0 Å². The molecule has 1 saturated carbocycles. The molecule has 0 spiro atoms. The van der Waals surface area contributed by atoms with Crippen LogP contribution in [0.2, 0.25) is 0 Å². The topological polar surface area (TPSA) is 117 Å². The van der Waals surface area contributed by atoms with Gasteiger partial charge in [0, 0.05) is 36.4 Å². The maximum absolute atomic E-state index is 13.6. The van der Waals surface area contributed by atoms with Crippen molar-refractivity contribution in [2.45, 2.75) is 57.3 Å². The van der Waals surface area contributed by atoms with Gasteiger partial charge in [0.05, 0.1) is 7.11 Å². The summed E-state index contributed by atoms with van der Waals surface area (Å²) >= 11 is 0. The molecular weight excluding hydrogens is 458 g/mol. The Bertz CT molecular complexity index is 1080. The van der Waals surface area contributed by atoms with Gasteiger partial charge in [0.2, 0.25) is 0 Å². The second kappa shape index (κ2) is 11.4. The molecule has 1 saturated heterocycles. The second-order valence-corrected chi connectivity index (χ2v) is 9.57. The molecule has 2 aromatic rings.